The number of amides is 1. The zero-order valence-corrected chi connectivity index (χ0v) is 42.4. The first-order chi connectivity index (χ1) is 30.7. The molecule has 0 heterocycles. The molecular formula is C58H113NO3. The third-order valence-electron chi connectivity index (χ3n) is 13.5. The number of aliphatic hydroxyl groups is 2. The SMILES string of the molecule is CCCCCCC/C=C\C/C=C\CCCCCCCCCCCC(=O)NC(CO)C(O)CCCCCCCCCCCCCCCCCCCCCCCCCCCCCCC. The quantitative estimate of drug-likeness (QED) is 0.0421. The highest BCUT2D eigenvalue weighted by Crippen LogP contribution is 2.18. The van der Waals surface area contributed by atoms with Gasteiger partial charge in [-0.05, 0) is 44.9 Å². The Morgan fingerprint density at radius 2 is 0.661 bits per heavy atom. The van der Waals surface area contributed by atoms with Crippen LogP contribution in [0.2, 0.25) is 0 Å². The number of allylic oxidation sites excluding steroid dienone is 4. The Morgan fingerprint density at radius 3 is 0.968 bits per heavy atom. The molecule has 0 rings (SSSR count). The lowest BCUT2D eigenvalue weighted by atomic mass is 10.0. The minimum absolute atomic E-state index is 0.0310. The highest BCUT2D eigenvalue weighted by Gasteiger charge is 2.20. The molecule has 0 aliphatic heterocycles. The second-order valence-corrected chi connectivity index (χ2v) is 19.7. The lowest BCUT2D eigenvalue weighted by molar-refractivity contribution is -0.123. The van der Waals surface area contributed by atoms with Crippen LogP contribution in [0.3, 0.4) is 0 Å². The first-order valence-corrected chi connectivity index (χ1v) is 28.5. The van der Waals surface area contributed by atoms with Gasteiger partial charge in [0.15, 0.2) is 0 Å². The Morgan fingerprint density at radius 1 is 0.387 bits per heavy atom. The number of hydrogen-bond donors (Lipinski definition) is 3. The van der Waals surface area contributed by atoms with Gasteiger partial charge in [-0.1, -0.05) is 295 Å². The molecule has 0 spiro atoms. The van der Waals surface area contributed by atoms with E-state index >= 15 is 0 Å². The van der Waals surface area contributed by atoms with Crippen LogP contribution < -0.4 is 5.32 Å². The van der Waals surface area contributed by atoms with Crippen LogP contribution in [0.1, 0.15) is 322 Å². The van der Waals surface area contributed by atoms with Gasteiger partial charge in [0, 0.05) is 6.42 Å². The minimum Gasteiger partial charge on any atom is -0.394 e. The predicted molar refractivity (Wildman–Crippen MR) is 276 cm³/mol. The van der Waals surface area contributed by atoms with Gasteiger partial charge < -0.3 is 15.5 Å². The maximum atomic E-state index is 12.5. The van der Waals surface area contributed by atoms with E-state index in [-0.39, 0.29) is 12.5 Å². The molecule has 0 fully saturated rings. The number of rotatable bonds is 53. The molecule has 0 saturated heterocycles. The lowest BCUT2D eigenvalue weighted by Gasteiger charge is -2.22. The van der Waals surface area contributed by atoms with Crippen LogP contribution in [0, 0.1) is 0 Å². The Labute approximate surface area is 389 Å². The Kier molecular flexibility index (Phi) is 53.2. The molecule has 4 heteroatoms. The highest BCUT2D eigenvalue weighted by atomic mass is 16.3. The van der Waals surface area contributed by atoms with Gasteiger partial charge in [0.05, 0.1) is 18.8 Å². The third kappa shape index (κ3) is 49.9. The summed E-state index contributed by atoms with van der Waals surface area (Å²) in [6.07, 6.45) is 71.7. The number of aliphatic hydroxyl groups excluding tert-OH is 2. The molecule has 0 radical (unpaired) electrons. The van der Waals surface area contributed by atoms with E-state index < -0.39 is 12.1 Å². The Bertz CT molecular complexity index is 901. The van der Waals surface area contributed by atoms with Crippen molar-refractivity contribution in [3.63, 3.8) is 0 Å². The number of carbonyl (C=O) groups excluding carboxylic acids is 1. The predicted octanol–water partition coefficient (Wildman–Crippen LogP) is 18.7. The van der Waals surface area contributed by atoms with Gasteiger partial charge in [0.25, 0.3) is 0 Å². The summed E-state index contributed by atoms with van der Waals surface area (Å²) < 4.78 is 0. The molecule has 0 aromatic heterocycles. The monoisotopic (exact) mass is 872 g/mol. The molecule has 2 atom stereocenters. The lowest BCUT2D eigenvalue weighted by Crippen LogP contribution is -2.45. The van der Waals surface area contributed by atoms with Crippen LogP contribution in [0.25, 0.3) is 0 Å². The number of carbonyl (C=O) groups is 1. The van der Waals surface area contributed by atoms with Crippen LogP contribution in [-0.4, -0.2) is 34.9 Å². The number of unbranched alkanes of at least 4 members (excludes halogenated alkanes) is 42. The van der Waals surface area contributed by atoms with Gasteiger partial charge in [0.2, 0.25) is 5.91 Å². The average molecular weight is 873 g/mol. The molecule has 0 saturated carbocycles. The summed E-state index contributed by atoms with van der Waals surface area (Å²) in [5, 5.41) is 23.3. The fourth-order valence-electron chi connectivity index (χ4n) is 9.10. The van der Waals surface area contributed by atoms with Crippen LogP contribution in [-0.2, 0) is 4.79 Å². The maximum Gasteiger partial charge on any atom is 0.220 e. The van der Waals surface area contributed by atoms with E-state index in [9.17, 15) is 15.0 Å². The summed E-state index contributed by atoms with van der Waals surface area (Å²) in [6, 6.07) is -0.538. The summed E-state index contributed by atoms with van der Waals surface area (Å²) >= 11 is 0. The maximum absolute atomic E-state index is 12.5. The number of hydrogen-bond acceptors (Lipinski definition) is 3. The van der Waals surface area contributed by atoms with Crippen LogP contribution in [0.4, 0.5) is 0 Å². The van der Waals surface area contributed by atoms with Gasteiger partial charge in [-0.3, -0.25) is 4.79 Å². The van der Waals surface area contributed by atoms with Gasteiger partial charge in [-0.15, -0.1) is 0 Å². The third-order valence-corrected chi connectivity index (χ3v) is 13.5. The van der Waals surface area contributed by atoms with Crippen molar-refractivity contribution in [2.24, 2.45) is 0 Å². The van der Waals surface area contributed by atoms with Crippen molar-refractivity contribution in [2.75, 3.05) is 6.61 Å². The average Bonchev–Trinajstić information content (AvgIpc) is 3.28. The summed E-state index contributed by atoms with van der Waals surface area (Å²) in [6.45, 7) is 4.38. The van der Waals surface area contributed by atoms with Crippen molar-refractivity contribution < 1.29 is 15.0 Å². The van der Waals surface area contributed by atoms with Crippen molar-refractivity contribution in [1.29, 1.82) is 0 Å². The zero-order valence-electron chi connectivity index (χ0n) is 42.4. The van der Waals surface area contributed by atoms with Crippen LogP contribution >= 0.6 is 0 Å². The van der Waals surface area contributed by atoms with E-state index in [1.165, 1.54) is 263 Å². The second-order valence-electron chi connectivity index (χ2n) is 19.7. The van der Waals surface area contributed by atoms with Crippen molar-refractivity contribution in [3.8, 4) is 0 Å². The van der Waals surface area contributed by atoms with Crippen molar-refractivity contribution in [1.82, 2.24) is 5.32 Å². The molecule has 0 aliphatic rings. The van der Waals surface area contributed by atoms with Crippen molar-refractivity contribution >= 4 is 5.91 Å². The van der Waals surface area contributed by atoms with Gasteiger partial charge in [-0.2, -0.15) is 0 Å². The zero-order chi connectivity index (χ0) is 44.9. The second kappa shape index (κ2) is 54.2. The van der Waals surface area contributed by atoms with E-state index in [4.69, 9.17) is 0 Å². The van der Waals surface area contributed by atoms with E-state index in [1.807, 2.05) is 0 Å². The molecule has 0 aromatic rings. The smallest absolute Gasteiger partial charge is 0.220 e. The molecule has 0 aliphatic carbocycles. The molecular weight excluding hydrogens is 759 g/mol. The molecule has 3 N–H and O–H groups in total. The van der Waals surface area contributed by atoms with Crippen LogP contribution in [0.5, 0.6) is 0 Å². The minimum atomic E-state index is -0.661. The van der Waals surface area contributed by atoms with E-state index in [0.717, 1.165) is 32.1 Å². The van der Waals surface area contributed by atoms with E-state index in [0.29, 0.717) is 12.8 Å². The highest BCUT2D eigenvalue weighted by molar-refractivity contribution is 5.76. The van der Waals surface area contributed by atoms with Crippen LogP contribution in [0.15, 0.2) is 24.3 Å². The fraction of sp³-hybridized carbons (Fsp3) is 0.914. The first kappa shape index (κ1) is 60.9. The van der Waals surface area contributed by atoms with Crippen molar-refractivity contribution in [2.45, 2.75) is 334 Å². The first-order valence-electron chi connectivity index (χ1n) is 28.5. The molecule has 368 valence electrons. The molecule has 2 unspecified atom stereocenters. The topological polar surface area (TPSA) is 69.6 Å². The normalized spacial score (nSPS) is 12.9. The van der Waals surface area contributed by atoms with Gasteiger partial charge in [-0.25, -0.2) is 0 Å². The van der Waals surface area contributed by atoms with Gasteiger partial charge in [0.1, 0.15) is 0 Å². The summed E-state index contributed by atoms with van der Waals surface area (Å²) in [5.74, 6) is -0.0310. The van der Waals surface area contributed by atoms with E-state index in [1.54, 1.807) is 0 Å². The standard InChI is InChI=1S/C58H113NO3/c1-3-5-7-9-11-13-15-17-19-21-23-25-26-27-28-29-30-31-32-34-35-37-39-41-43-45-47-49-51-53-57(61)56(55-60)59-58(62)54-52-50-48-46-44-42-40-38-36-33-24-22-20-18-16-14-12-10-8-6-4-2/h16,18,22,24,56-57,60-61H,3-15,17,19-21,23,25-55H2,1-2H3,(H,59,62)/b18-16-,24-22-. The number of nitrogens with one attached hydrogen (secondary N) is 1. The summed E-state index contributed by atoms with van der Waals surface area (Å²) in [7, 11) is 0. The molecule has 62 heavy (non-hydrogen) atoms. The molecule has 4 nitrogen and oxygen atoms in total. The molecule has 1 amide bonds. The fourth-order valence-corrected chi connectivity index (χ4v) is 9.10. The Hall–Kier alpha value is -1.13. The van der Waals surface area contributed by atoms with Crippen molar-refractivity contribution in [3.05, 3.63) is 24.3 Å². The molecule has 0 aromatic carbocycles. The van der Waals surface area contributed by atoms with Gasteiger partial charge >= 0.3 is 0 Å². The summed E-state index contributed by atoms with van der Waals surface area (Å²) in [5.41, 5.74) is 0. The molecule has 0 bridgehead atoms. The largest absolute Gasteiger partial charge is 0.394 e. The summed E-state index contributed by atoms with van der Waals surface area (Å²) in [4.78, 5) is 12.5. The van der Waals surface area contributed by atoms with E-state index in [2.05, 4.69) is 43.5 Å². The Balaban J connectivity index is 3.43.